The number of likely N-dealkylation sites (tertiary alicyclic amines) is 1. The third-order valence-corrected chi connectivity index (χ3v) is 6.05. The highest BCUT2D eigenvalue weighted by Crippen LogP contribution is 2.34. The topological polar surface area (TPSA) is 53.7 Å². The quantitative estimate of drug-likeness (QED) is 0.734. The maximum Gasteiger partial charge on any atom is 0.290 e. The molecule has 1 aromatic carbocycles. The molecule has 1 N–H and O–H groups in total. The van der Waals surface area contributed by atoms with Crippen molar-refractivity contribution < 1.29 is 14.3 Å². The van der Waals surface area contributed by atoms with E-state index in [0.717, 1.165) is 16.5 Å². The van der Waals surface area contributed by atoms with Crippen LogP contribution in [0.4, 0.5) is 0 Å². The van der Waals surface area contributed by atoms with Gasteiger partial charge in [-0.3, -0.25) is 4.79 Å². The number of thiophene rings is 1. The number of amides is 1. The summed E-state index contributed by atoms with van der Waals surface area (Å²) in [7, 11) is 0. The van der Waals surface area contributed by atoms with E-state index in [1.807, 2.05) is 35.7 Å². The van der Waals surface area contributed by atoms with Crippen LogP contribution >= 0.6 is 23.1 Å². The molecule has 118 valence electrons. The van der Waals surface area contributed by atoms with Crippen LogP contribution in [0.15, 0.2) is 50.4 Å². The number of carbonyl (C=O) groups excluding carboxylic acids is 1. The van der Waals surface area contributed by atoms with E-state index in [4.69, 9.17) is 4.42 Å². The predicted octanol–water partition coefficient (Wildman–Crippen LogP) is 3.60. The van der Waals surface area contributed by atoms with Crippen molar-refractivity contribution in [3.63, 3.8) is 0 Å². The first-order valence-electron chi connectivity index (χ1n) is 7.36. The number of furan rings is 1. The SMILES string of the molecule is O=C(c1oc2ccccc2c1CSc1cccs1)N1CC(O)C1. The van der Waals surface area contributed by atoms with E-state index in [0.29, 0.717) is 24.6 Å². The van der Waals surface area contributed by atoms with Gasteiger partial charge in [-0.25, -0.2) is 0 Å². The smallest absolute Gasteiger partial charge is 0.290 e. The Hall–Kier alpha value is -1.76. The highest BCUT2D eigenvalue weighted by molar-refractivity contribution is 8.00. The van der Waals surface area contributed by atoms with E-state index < -0.39 is 6.10 Å². The summed E-state index contributed by atoms with van der Waals surface area (Å²) >= 11 is 3.40. The zero-order valence-corrected chi connectivity index (χ0v) is 13.9. The number of aliphatic hydroxyl groups excluding tert-OH is 1. The predicted molar refractivity (Wildman–Crippen MR) is 92.0 cm³/mol. The third kappa shape index (κ3) is 2.78. The molecule has 1 aliphatic rings. The van der Waals surface area contributed by atoms with E-state index >= 15 is 0 Å². The monoisotopic (exact) mass is 345 g/mol. The highest BCUT2D eigenvalue weighted by Gasteiger charge is 2.33. The largest absolute Gasteiger partial charge is 0.451 e. The van der Waals surface area contributed by atoms with Crippen molar-refractivity contribution in [1.29, 1.82) is 0 Å². The Morgan fingerprint density at radius 2 is 2.13 bits per heavy atom. The molecule has 0 atom stereocenters. The van der Waals surface area contributed by atoms with Gasteiger partial charge in [0.2, 0.25) is 0 Å². The van der Waals surface area contributed by atoms with Crippen molar-refractivity contribution in [1.82, 2.24) is 4.90 Å². The molecule has 4 rings (SSSR count). The molecule has 2 aromatic heterocycles. The first-order chi connectivity index (χ1) is 11.2. The van der Waals surface area contributed by atoms with Gasteiger partial charge in [-0.1, -0.05) is 24.3 Å². The number of aliphatic hydroxyl groups is 1. The molecule has 1 amide bonds. The van der Waals surface area contributed by atoms with Crippen LogP contribution < -0.4 is 0 Å². The number of β-amino-alcohol motifs (C(OH)–C–C–N with tert-alkyl or cyclic N) is 1. The Morgan fingerprint density at radius 1 is 1.30 bits per heavy atom. The van der Waals surface area contributed by atoms with Crippen molar-refractivity contribution >= 4 is 40.0 Å². The second-order valence-electron chi connectivity index (χ2n) is 5.49. The lowest BCUT2D eigenvalue weighted by atomic mass is 10.1. The molecule has 0 radical (unpaired) electrons. The Balaban J connectivity index is 1.67. The lowest BCUT2D eigenvalue weighted by Crippen LogP contribution is -2.53. The first-order valence-corrected chi connectivity index (χ1v) is 9.23. The number of rotatable bonds is 4. The highest BCUT2D eigenvalue weighted by atomic mass is 32.2. The number of fused-ring (bicyclic) bond motifs is 1. The lowest BCUT2D eigenvalue weighted by molar-refractivity contribution is 0.00398. The fourth-order valence-corrected chi connectivity index (χ4v) is 4.48. The van der Waals surface area contributed by atoms with Crippen molar-refractivity contribution in [2.45, 2.75) is 16.1 Å². The maximum absolute atomic E-state index is 12.6. The zero-order chi connectivity index (χ0) is 15.8. The number of carbonyl (C=O) groups is 1. The number of benzene rings is 1. The minimum absolute atomic E-state index is 0.131. The third-order valence-electron chi connectivity index (χ3n) is 3.90. The van der Waals surface area contributed by atoms with E-state index in [-0.39, 0.29) is 5.91 Å². The van der Waals surface area contributed by atoms with Crippen LogP contribution in [-0.2, 0) is 5.75 Å². The average molecular weight is 345 g/mol. The summed E-state index contributed by atoms with van der Waals surface area (Å²) in [6.07, 6.45) is -0.410. The van der Waals surface area contributed by atoms with Crippen LogP contribution in [0.3, 0.4) is 0 Å². The van der Waals surface area contributed by atoms with Gasteiger partial charge in [0, 0.05) is 29.8 Å². The van der Waals surface area contributed by atoms with E-state index in [1.54, 1.807) is 28.0 Å². The minimum atomic E-state index is -0.410. The summed E-state index contributed by atoms with van der Waals surface area (Å²) in [6, 6.07) is 11.8. The van der Waals surface area contributed by atoms with Crippen LogP contribution in [0, 0.1) is 0 Å². The summed E-state index contributed by atoms with van der Waals surface area (Å²) in [4.78, 5) is 14.3. The van der Waals surface area contributed by atoms with Crippen molar-refractivity contribution in [2.75, 3.05) is 13.1 Å². The van der Waals surface area contributed by atoms with Gasteiger partial charge in [0.1, 0.15) is 5.58 Å². The Labute approximate surface area is 141 Å². The molecular weight excluding hydrogens is 330 g/mol. The first kappa shape index (κ1) is 14.8. The summed E-state index contributed by atoms with van der Waals surface area (Å²) in [5.41, 5.74) is 1.67. The molecule has 4 nitrogen and oxygen atoms in total. The van der Waals surface area contributed by atoms with Gasteiger partial charge < -0.3 is 14.4 Å². The second-order valence-corrected chi connectivity index (χ2v) is 7.71. The minimum Gasteiger partial charge on any atom is -0.451 e. The van der Waals surface area contributed by atoms with E-state index in [2.05, 4.69) is 6.07 Å². The average Bonchev–Trinajstić information content (AvgIpc) is 3.16. The second kappa shape index (κ2) is 6.03. The van der Waals surface area contributed by atoms with Gasteiger partial charge in [0.15, 0.2) is 5.76 Å². The molecule has 1 fully saturated rings. The van der Waals surface area contributed by atoms with Crippen LogP contribution in [-0.4, -0.2) is 35.1 Å². The Morgan fingerprint density at radius 3 is 2.87 bits per heavy atom. The molecule has 0 bridgehead atoms. The van der Waals surface area contributed by atoms with Crippen LogP contribution in [0.5, 0.6) is 0 Å². The van der Waals surface area contributed by atoms with Gasteiger partial charge in [-0.05, 0) is 17.5 Å². The van der Waals surface area contributed by atoms with Crippen LogP contribution in [0.25, 0.3) is 11.0 Å². The van der Waals surface area contributed by atoms with Crippen molar-refractivity contribution in [3.05, 3.63) is 53.1 Å². The van der Waals surface area contributed by atoms with E-state index in [1.165, 1.54) is 4.21 Å². The molecule has 0 unspecified atom stereocenters. The van der Waals surface area contributed by atoms with Crippen molar-refractivity contribution in [3.8, 4) is 0 Å². The Kier molecular flexibility index (Phi) is 3.88. The molecular formula is C17H15NO3S2. The molecule has 1 saturated heterocycles. The van der Waals surface area contributed by atoms with Crippen LogP contribution in [0.2, 0.25) is 0 Å². The standard InChI is InChI=1S/C17H15NO3S2/c19-11-8-18(9-11)17(20)16-13(10-23-15-6-3-7-22-15)12-4-1-2-5-14(12)21-16/h1-7,11,19H,8-10H2. The van der Waals surface area contributed by atoms with Gasteiger partial charge in [-0.2, -0.15) is 0 Å². The molecule has 0 saturated carbocycles. The fourth-order valence-electron chi connectivity index (χ4n) is 2.67. The van der Waals surface area contributed by atoms with Gasteiger partial charge in [-0.15, -0.1) is 23.1 Å². The summed E-state index contributed by atoms with van der Waals surface area (Å²) < 4.78 is 7.06. The van der Waals surface area contributed by atoms with Gasteiger partial charge in [0.25, 0.3) is 5.91 Å². The lowest BCUT2D eigenvalue weighted by Gasteiger charge is -2.35. The summed E-state index contributed by atoms with van der Waals surface area (Å²) in [5, 5.41) is 12.5. The number of nitrogens with zero attached hydrogens (tertiary/aromatic N) is 1. The normalized spacial score (nSPS) is 15.1. The molecule has 3 heterocycles. The molecule has 23 heavy (non-hydrogen) atoms. The molecule has 0 aliphatic carbocycles. The van der Waals surface area contributed by atoms with Gasteiger partial charge >= 0.3 is 0 Å². The number of hydrogen-bond acceptors (Lipinski definition) is 5. The Bertz CT molecular complexity index is 835. The van der Waals surface area contributed by atoms with Crippen LogP contribution in [0.1, 0.15) is 16.1 Å². The number of thioether (sulfide) groups is 1. The molecule has 0 spiro atoms. The molecule has 3 aromatic rings. The van der Waals surface area contributed by atoms with Gasteiger partial charge in [0.05, 0.1) is 10.3 Å². The molecule has 6 heteroatoms. The summed E-state index contributed by atoms with van der Waals surface area (Å²) in [5.74, 6) is 0.963. The maximum atomic E-state index is 12.6. The molecule has 1 aliphatic heterocycles. The zero-order valence-electron chi connectivity index (χ0n) is 12.3. The van der Waals surface area contributed by atoms with E-state index in [9.17, 15) is 9.90 Å². The number of para-hydroxylation sites is 1. The summed E-state index contributed by atoms with van der Waals surface area (Å²) in [6.45, 7) is 0.765. The number of hydrogen-bond donors (Lipinski definition) is 1. The fraction of sp³-hybridized carbons (Fsp3) is 0.235. The van der Waals surface area contributed by atoms with Crippen molar-refractivity contribution in [2.24, 2.45) is 0 Å².